The number of likely N-dealkylation sites (N-methyl/N-ethyl adjacent to an activating group) is 1. The molecule has 3 aromatic rings. The number of hydrogen-bond acceptors (Lipinski definition) is 6. The molecule has 0 spiro atoms. The molecule has 0 bridgehead atoms. The molecule has 0 aliphatic carbocycles. The van der Waals surface area contributed by atoms with Crippen molar-refractivity contribution in [1.29, 1.82) is 0 Å². The highest BCUT2D eigenvalue weighted by atomic mass is 16.5. The van der Waals surface area contributed by atoms with Gasteiger partial charge in [0.25, 0.3) is 5.91 Å². The van der Waals surface area contributed by atoms with E-state index in [1.807, 2.05) is 7.05 Å². The first-order chi connectivity index (χ1) is 18.5. The Kier molecular flexibility index (Phi) is 8.37. The molecule has 0 radical (unpaired) electrons. The minimum atomic E-state index is -0.460. The number of hydrogen-bond donors (Lipinski definition) is 2. The molecule has 3 aromatic carbocycles. The smallest absolute Gasteiger partial charge is 0.251 e. The van der Waals surface area contributed by atoms with Gasteiger partial charge in [0, 0.05) is 26.1 Å². The number of Topliss-reactive ketones (excluding diaryl/α,β-unsaturated/α-hetero) is 1. The highest BCUT2D eigenvalue weighted by Gasteiger charge is 2.31. The van der Waals surface area contributed by atoms with Crippen molar-refractivity contribution in [2.24, 2.45) is 0 Å². The van der Waals surface area contributed by atoms with Gasteiger partial charge in [0.05, 0.1) is 18.5 Å². The SMILES string of the molecule is CC(=O)CCCCC[C@@H](NC(=O)C1CN(C)CCO1)N1Cc2cc(-c3ccc4ccccc4c3)ccc2N1. The lowest BCUT2D eigenvalue weighted by molar-refractivity contribution is -0.139. The lowest BCUT2D eigenvalue weighted by Crippen LogP contribution is -2.55. The fourth-order valence-electron chi connectivity index (χ4n) is 5.34. The number of benzene rings is 3. The maximum atomic E-state index is 13.1. The van der Waals surface area contributed by atoms with Crippen LogP contribution in [-0.4, -0.2) is 60.6 Å². The number of unbranched alkanes of at least 4 members (excludes halogenated alkanes) is 2. The van der Waals surface area contributed by atoms with Crippen LogP contribution in [-0.2, 0) is 20.9 Å². The molecule has 2 aliphatic heterocycles. The van der Waals surface area contributed by atoms with Gasteiger partial charge in [0.15, 0.2) is 0 Å². The van der Waals surface area contributed by atoms with Gasteiger partial charge in [-0.15, -0.1) is 0 Å². The molecule has 7 nitrogen and oxygen atoms in total. The van der Waals surface area contributed by atoms with Crippen molar-refractivity contribution in [2.75, 3.05) is 32.2 Å². The summed E-state index contributed by atoms with van der Waals surface area (Å²) in [7, 11) is 2.01. The fraction of sp³-hybridized carbons (Fsp3) is 0.419. The van der Waals surface area contributed by atoms with E-state index in [4.69, 9.17) is 4.74 Å². The zero-order valence-electron chi connectivity index (χ0n) is 22.4. The summed E-state index contributed by atoms with van der Waals surface area (Å²) in [4.78, 5) is 26.6. The quantitative estimate of drug-likeness (QED) is 0.373. The number of anilines is 1. The van der Waals surface area contributed by atoms with Crippen LogP contribution in [0.4, 0.5) is 5.69 Å². The number of rotatable bonds is 10. The highest BCUT2D eigenvalue weighted by Crippen LogP contribution is 2.33. The van der Waals surface area contributed by atoms with Crippen LogP contribution < -0.4 is 10.7 Å². The molecule has 200 valence electrons. The van der Waals surface area contributed by atoms with Gasteiger partial charge in [-0.2, -0.15) is 5.01 Å². The normalized spacial score (nSPS) is 18.6. The van der Waals surface area contributed by atoms with Gasteiger partial charge in [-0.1, -0.05) is 48.9 Å². The van der Waals surface area contributed by atoms with Crippen LogP contribution >= 0.6 is 0 Å². The maximum absolute atomic E-state index is 13.1. The predicted octanol–water partition coefficient (Wildman–Crippen LogP) is 4.96. The van der Waals surface area contributed by atoms with Crippen molar-refractivity contribution in [3.63, 3.8) is 0 Å². The molecule has 2 aliphatic rings. The van der Waals surface area contributed by atoms with Crippen LogP contribution in [0, 0.1) is 0 Å². The predicted molar refractivity (Wildman–Crippen MR) is 151 cm³/mol. The average Bonchev–Trinajstić information content (AvgIpc) is 3.35. The van der Waals surface area contributed by atoms with Gasteiger partial charge >= 0.3 is 0 Å². The Morgan fingerprint density at radius 3 is 2.63 bits per heavy atom. The summed E-state index contributed by atoms with van der Waals surface area (Å²) in [5.41, 5.74) is 8.18. The Hall–Kier alpha value is -3.26. The molecule has 1 unspecified atom stereocenters. The zero-order chi connectivity index (χ0) is 26.5. The van der Waals surface area contributed by atoms with E-state index in [0.717, 1.165) is 37.9 Å². The van der Waals surface area contributed by atoms with E-state index in [-0.39, 0.29) is 17.9 Å². The summed E-state index contributed by atoms with van der Waals surface area (Å²) in [6, 6.07) is 21.5. The van der Waals surface area contributed by atoms with Crippen LogP contribution in [0.3, 0.4) is 0 Å². The van der Waals surface area contributed by atoms with Gasteiger partial charge in [-0.25, -0.2) is 0 Å². The molecule has 1 amide bonds. The molecule has 2 atom stereocenters. The maximum Gasteiger partial charge on any atom is 0.251 e. The number of carbonyl (C=O) groups is 2. The first-order valence-electron chi connectivity index (χ1n) is 13.7. The number of nitrogens with zero attached hydrogens (tertiary/aromatic N) is 2. The minimum absolute atomic E-state index is 0.0695. The van der Waals surface area contributed by atoms with Gasteiger partial charge < -0.3 is 25.2 Å². The third-order valence-corrected chi connectivity index (χ3v) is 7.55. The molecule has 0 aromatic heterocycles. The summed E-state index contributed by atoms with van der Waals surface area (Å²) in [6.07, 6.45) is 3.55. The first-order valence-corrected chi connectivity index (χ1v) is 13.7. The molecular formula is C31H38N4O3. The van der Waals surface area contributed by atoms with E-state index in [0.29, 0.717) is 26.1 Å². The van der Waals surface area contributed by atoms with E-state index in [9.17, 15) is 9.59 Å². The molecule has 0 saturated carbocycles. The minimum Gasteiger partial charge on any atom is -0.366 e. The third kappa shape index (κ3) is 6.41. The van der Waals surface area contributed by atoms with Crippen molar-refractivity contribution in [1.82, 2.24) is 15.2 Å². The number of morpholine rings is 1. The van der Waals surface area contributed by atoms with Gasteiger partial charge in [0.2, 0.25) is 0 Å². The second-order valence-electron chi connectivity index (χ2n) is 10.6. The zero-order valence-corrected chi connectivity index (χ0v) is 22.4. The van der Waals surface area contributed by atoms with Crippen LogP contribution in [0.25, 0.3) is 21.9 Å². The summed E-state index contributed by atoms with van der Waals surface area (Å²) in [6.45, 7) is 4.34. The van der Waals surface area contributed by atoms with E-state index >= 15 is 0 Å². The second-order valence-corrected chi connectivity index (χ2v) is 10.6. The lowest BCUT2D eigenvalue weighted by Gasteiger charge is -2.33. The summed E-state index contributed by atoms with van der Waals surface area (Å²) < 4.78 is 5.77. The van der Waals surface area contributed by atoms with E-state index < -0.39 is 6.10 Å². The van der Waals surface area contributed by atoms with E-state index in [1.54, 1.807) is 6.92 Å². The standard InChI is InChI=1S/C31H38N4O3/c1-22(36)8-4-3-5-11-30(32-31(37)29-21-34(2)16-17-38-29)35-20-27-19-26(14-15-28(27)33-35)25-13-12-23-9-6-7-10-24(23)18-25/h6-7,9-10,12-15,18-19,29-30,33H,3-5,8,11,16-17,20-21H2,1-2H3,(H,32,37)/t29?,30-/m0/s1. The number of fused-ring (bicyclic) bond motifs is 2. The molecule has 2 N–H and O–H groups in total. The molecule has 1 fully saturated rings. The second kappa shape index (κ2) is 12.1. The van der Waals surface area contributed by atoms with Crippen LogP contribution in [0.15, 0.2) is 60.7 Å². The number of nitrogens with one attached hydrogen (secondary N) is 2. The Labute approximate surface area is 225 Å². The lowest BCUT2D eigenvalue weighted by atomic mass is 9.99. The van der Waals surface area contributed by atoms with Crippen molar-refractivity contribution in [3.05, 3.63) is 66.2 Å². The number of hydrazine groups is 1. The van der Waals surface area contributed by atoms with Crippen molar-refractivity contribution in [2.45, 2.75) is 57.8 Å². The third-order valence-electron chi connectivity index (χ3n) is 7.55. The Morgan fingerprint density at radius 2 is 1.82 bits per heavy atom. The Bertz CT molecular complexity index is 1290. The van der Waals surface area contributed by atoms with E-state index in [1.165, 1.54) is 27.5 Å². The molecule has 5 rings (SSSR count). The Balaban J connectivity index is 1.28. The van der Waals surface area contributed by atoms with Crippen molar-refractivity contribution >= 4 is 28.2 Å². The van der Waals surface area contributed by atoms with Crippen molar-refractivity contribution < 1.29 is 14.3 Å². The van der Waals surface area contributed by atoms with E-state index in [2.05, 4.69) is 81.3 Å². The average molecular weight is 515 g/mol. The topological polar surface area (TPSA) is 73.9 Å². The largest absolute Gasteiger partial charge is 0.366 e. The molecule has 38 heavy (non-hydrogen) atoms. The molecular weight excluding hydrogens is 476 g/mol. The molecule has 1 saturated heterocycles. The number of carbonyl (C=O) groups excluding carboxylic acids is 2. The monoisotopic (exact) mass is 514 g/mol. The number of amides is 1. The van der Waals surface area contributed by atoms with Gasteiger partial charge in [-0.05, 0) is 78.9 Å². The summed E-state index contributed by atoms with van der Waals surface area (Å²) >= 11 is 0. The number of ketones is 1. The molecule has 7 heteroatoms. The molecule has 2 heterocycles. The highest BCUT2D eigenvalue weighted by molar-refractivity contribution is 5.87. The van der Waals surface area contributed by atoms with Crippen LogP contribution in [0.2, 0.25) is 0 Å². The summed E-state index contributed by atoms with van der Waals surface area (Å²) in [5, 5.41) is 7.85. The summed E-state index contributed by atoms with van der Waals surface area (Å²) in [5.74, 6) is 0.159. The van der Waals surface area contributed by atoms with Crippen molar-refractivity contribution in [3.8, 4) is 11.1 Å². The fourth-order valence-corrected chi connectivity index (χ4v) is 5.34. The first kappa shape index (κ1) is 26.4. The van der Waals surface area contributed by atoms with Crippen LogP contribution in [0.1, 0.15) is 44.6 Å². The number of ether oxygens (including phenoxy) is 1. The van der Waals surface area contributed by atoms with Crippen LogP contribution in [0.5, 0.6) is 0 Å². The van der Waals surface area contributed by atoms with Gasteiger partial charge in [0.1, 0.15) is 11.9 Å². The Morgan fingerprint density at radius 1 is 1.03 bits per heavy atom. The van der Waals surface area contributed by atoms with Gasteiger partial charge in [-0.3, -0.25) is 4.79 Å².